The maximum Gasteiger partial charge on any atom is 0.358 e. The van der Waals surface area contributed by atoms with Gasteiger partial charge in [-0.3, -0.25) is 14.2 Å². The molecule has 31 heavy (non-hydrogen) atoms. The minimum atomic E-state index is -1.25. The normalized spacial score (nSPS) is 11.0. The predicted octanol–water partition coefficient (Wildman–Crippen LogP) is 4.65. The van der Waals surface area contributed by atoms with Gasteiger partial charge in [-0.2, -0.15) is 0 Å². The molecule has 2 heterocycles. The SMILES string of the molecule is CCC(=O)c1c(-c2ccccc2)c2cc(Cl)ccc2c(=O)n1Cc1cc(C(=O)O)no1. The van der Waals surface area contributed by atoms with E-state index in [2.05, 4.69) is 5.16 Å². The smallest absolute Gasteiger partial charge is 0.358 e. The Bertz CT molecular complexity index is 1370. The second kappa shape index (κ2) is 8.20. The molecule has 1 N–H and O–H groups in total. The molecule has 4 rings (SSSR count). The number of fused-ring (bicyclic) bond motifs is 1. The summed E-state index contributed by atoms with van der Waals surface area (Å²) in [5, 5.41) is 14.0. The molecule has 2 aromatic carbocycles. The first kappa shape index (κ1) is 20.6. The number of carboxylic acid groups (broad SMARTS) is 1. The van der Waals surface area contributed by atoms with Crippen LogP contribution in [0.15, 0.2) is 63.9 Å². The molecule has 0 aliphatic carbocycles. The molecule has 4 aromatic rings. The predicted molar refractivity (Wildman–Crippen MR) is 116 cm³/mol. The number of carbonyl (C=O) groups excluding carboxylic acids is 1. The first-order chi connectivity index (χ1) is 14.9. The van der Waals surface area contributed by atoms with E-state index in [9.17, 15) is 14.4 Å². The molecule has 0 aliphatic heterocycles. The number of nitrogens with zero attached hydrogens (tertiary/aromatic N) is 2. The van der Waals surface area contributed by atoms with E-state index in [1.807, 2.05) is 30.3 Å². The van der Waals surface area contributed by atoms with Crippen LogP contribution in [0, 0.1) is 0 Å². The Labute approximate surface area is 181 Å². The highest BCUT2D eigenvalue weighted by Crippen LogP contribution is 2.33. The Hall–Kier alpha value is -3.71. The van der Waals surface area contributed by atoms with Gasteiger partial charge in [0.15, 0.2) is 17.2 Å². The fraction of sp³-hybridized carbons (Fsp3) is 0.130. The van der Waals surface area contributed by atoms with Crippen LogP contribution >= 0.6 is 11.6 Å². The van der Waals surface area contributed by atoms with Crippen LogP contribution in [0.3, 0.4) is 0 Å². The summed E-state index contributed by atoms with van der Waals surface area (Å²) in [5.41, 5.74) is 0.868. The molecule has 0 saturated carbocycles. The standard InChI is InChI=1S/C23H17ClN2O5/c1-2-19(27)21-20(13-6-4-3-5-7-13)17-10-14(24)8-9-16(17)22(28)26(21)12-15-11-18(23(29)30)25-31-15/h3-11H,2,12H2,1H3,(H,29,30). The number of pyridine rings is 1. The number of aromatic carboxylic acids is 1. The summed E-state index contributed by atoms with van der Waals surface area (Å²) in [7, 11) is 0. The van der Waals surface area contributed by atoms with Crippen molar-refractivity contribution < 1.29 is 19.2 Å². The molecule has 2 aromatic heterocycles. The molecule has 0 atom stereocenters. The van der Waals surface area contributed by atoms with Crippen LogP contribution < -0.4 is 5.56 Å². The lowest BCUT2D eigenvalue weighted by molar-refractivity contribution is 0.0685. The van der Waals surface area contributed by atoms with E-state index in [0.29, 0.717) is 21.4 Å². The Balaban J connectivity index is 2.08. The van der Waals surface area contributed by atoms with Crippen LogP contribution in [-0.4, -0.2) is 26.6 Å². The van der Waals surface area contributed by atoms with Gasteiger partial charge >= 0.3 is 5.97 Å². The molecule has 0 amide bonds. The lowest BCUT2D eigenvalue weighted by Gasteiger charge is -2.18. The molecule has 0 spiro atoms. The first-order valence-electron chi connectivity index (χ1n) is 9.54. The van der Waals surface area contributed by atoms with Crippen molar-refractivity contribution in [3.8, 4) is 11.1 Å². The van der Waals surface area contributed by atoms with Crippen LogP contribution in [0.5, 0.6) is 0 Å². The molecule has 0 unspecified atom stereocenters. The van der Waals surface area contributed by atoms with Crippen molar-refractivity contribution >= 4 is 34.1 Å². The second-order valence-corrected chi connectivity index (χ2v) is 7.37. The van der Waals surface area contributed by atoms with Crippen molar-refractivity contribution in [2.24, 2.45) is 0 Å². The third kappa shape index (κ3) is 3.75. The van der Waals surface area contributed by atoms with Gasteiger partial charge in [0.05, 0.1) is 12.2 Å². The van der Waals surface area contributed by atoms with E-state index in [4.69, 9.17) is 21.2 Å². The van der Waals surface area contributed by atoms with Crippen molar-refractivity contribution in [2.75, 3.05) is 0 Å². The fourth-order valence-electron chi connectivity index (χ4n) is 3.57. The summed E-state index contributed by atoms with van der Waals surface area (Å²) >= 11 is 6.23. The first-order valence-corrected chi connectivity index (χ1v) is 9.92. The molecule has 0 radical (unpaired) electrons. The molecular formula is C23H17ClN2O5. The van der Waals surface area contributed by atoms with Crippen LogP contribution in [0.2, 0.25) is 5.02 Å². The fourth-order valence-corrected chi connectivity index (χ4v) is 3.74. The summed E-state index contributed by atoms with van der Waals surface area (Å²) in [4.78, 5) is 37.6. The van der Waals surface area contributed by atoms with E-state index < -0.39 is 11.5 Å². The Morgan fingerprint density at radius 3 is 2.48 bits per heavy atom. The van der Waals surface area contributed by atoms with Crippen molar-refractivity contribution in [1.82, 2.24) is 9.72 Å². The lowest BCUT2D eigenvalue weighted by atomic mass is 9.94. The van der Waals surface area contributed by atoms with Crippen LogP contribution in [0.1, 0.15) is 40.1 Å². The number of aromatic nitrogens is 2. The van der Waals surface area contributed by atoms with Gasteiger partial charge in [-0.15, -0.1) is 0 Å². The molecule has 0 aliphatic rings. The zero-order valence-electron chi connectivity index (χ0n) is 16.5. The van der Waals surface area contributed by atoms with Gasteiger partial charge in [-0.05, 0) is 29.1 Å². The van der Waals surface area contributed by atoms with E-state index in [-0.39, 0.29) is 35.9 Å². The third-order valence-electron chi connectivity index (χ3n) is 4.97. The number of hydrogen-bond donors (Lipinski definition) is 1. The minimum Gasteiger partial charge on any atom is -0.476 e. The number of halogens is 1. The Morgan fingerprint density at radius 2 is 1.84 bits per heavy atom. The van der Waals surface area contributed by atoms with Gasteiger partial charge in [-0.25, -0.2) is 4.79 Å². The highest BCUT2D eigenvalue weighted by molar-refractivity contribution is 6.31. The average molecular weight is 437 g/mol. The number of carbonyl (C=O) groups is 2. The average Bonchev–Trinajstić information content (AvgIpc) is 3.24. The second-order valence-electron chi connectivity index (χ2n) is 6.93. The van der Waals surface area contributed by atoms with Crippen LogP contribution in [0.4, 0.5) is 0 Å². The molecule has 0 fully saturated rings. The van der Waals surface area contributed by atoms with Crippen LogP contribution in [0.25, 0.3) is 21.9 Å². The van der Waals surface area contributed by atoms with E-state index in [0.717, 1.165) is 5.56 Å². The maximum absolute atomic E-state index is 13.4. The number of ketones is 1. The highest BCUT2D eigenvalue weighted by atomic mass is 35.5. The summed E-state index contributed by atoms with van der Waals surface area (Å²) < 4.78 is 6.42. The zero-order chi connectivity index (χ0) is 22.1. The molecule has 7 nitrogen and oxygen atoms in total. The Morgan fingerprint density at radius 1 is 1.10 bits per heavy atom. The topological polar surface area (TPSA) is 102 Å². The van der Waals surface area contributed by atoms with Gasteiger partial charge in [0.2, 0.25) is 0 Å². The number of Topliss-reactive ketones (excluding diaryl/α,β-unsaturated/α-hetero) is 1. The van der Waals surface area contributed by atoms with Gasteiger partial charge in [-0.1, -0.05) is 54.0 Å². The summed E-state index contributed by atoms with van der Waals surface area (Å²) in [6.45, 7) is 1.57. The van der Waals surface area contributed by atoms with Gasteiger partial charge < -0.3 is 9.63 Å². The molecular weight excluding hydrogens is 420 g/mol. The molecule has 156 valence electrons. The van der Waals surface area contributed by atoms with Gasteiger partial charge in [0.1, 0.15) is 0 Å². The quantitative estimate of drug-likeness (QED) is 0.441. The summed E-state index contributed by atoms with van der Waals surface area (Å²) in [6.07, 6.45) is 0.169. The Kier molecular flexibility index (Phi) is 5.44. The highest BCUT2D eigenvalue weighted by Gasteiger charge is 2.24. The van der Waals surface area contributed by atoms with Gasteiger partial charge in [0.25, 0.3) is 5.56 Å². The number of rotatable bonds is 6. The summed E-state index contributed by atoms with van der Waals surface area (Å²) in [6, 6.07) is 15.4. The van der Waals surface area contributed by atoms with Crippen molar-refractivity contribution in [1.29, 1.82) is 0 Å². The molecule has 0 bridgehead atoms. The van der Waals surface area contributed by atoms with E-state index in [1.165, 1.54) is 10.6 Å². The number of carboxylic acids is 1. The minimum absolute atomic E-state index is 0.140. The van der Waals surface area contributed by atoms with E-state index in [1.54, 1.807) is 25.1 Å². The van der Waals surface area contributed by atoms with E-state index >= 15 is 0 Å². The van der Waals surface area contributed by atoms with Crippen molar-refractivity contribution in [2.45, 2.75) is 19.9 Å². The number of hydrogen-bond acceptors (Lipinski definition) is 5. The van der Waals surface area contributed by atoms with Crippen molar-refractivity contribution in [3.05, 3.63) is 87.1 Å². The lowest BCUT2D eigenvalue weighted by Crippen LogP contribution is -2.28. The van der Waals surface area contributed by atoms with Crippen molar-refractivity contribution in [3.63, 3.8) is 0 Å². The molecule has 8 heteroatoms. The summed E-state index contributed by atoms with van der Waals surface area (Å²) in [5.74, 6) is -1.34. The molecule has 0 saturated heterocycles. The monoisotopic (exact) mass is 436 g/mol. The zero-order valence-corrected chi connectivity index (χ0v) is 17.2. The number of benzene rings is 2. The maximum atomic E-state index is 13.4. The van der Waals surface area contributed by atoms with Gasteiger partial charge in [0, 0.05) is 28.5 Å². The third-order valence-corrected chi connectivity index (χ3v) is 5.21. The largest absolute Gasteiger partial charge is 0.476 e. The van der Waals surface area contributed by atoms with Crippen LogP contribution in [-0.2, 0) is 6.54 Å².